The van der Waals surface area contributed by atoms with Gasteiger partial charge >= 0.3 is 6.30 Å². The van der Waals surface area contributed by atoms with E-state index in [1.165, 1.54) is 6.92 Å². The molecule has 84 valence electrons. The van der Waals surface area contributed by atoms with Gasteiger partial charge in [-0.25, -0.2) is 4.90 Å². The molecule has 5 heteroatoms. The Morgan fingerprint density at radius 3 is 2.33 bits per heavy atom. The highest BCUT2D eigenvalue weighted by Gasteiger charge is 2.35. The number of alkyl halides is 3. The Balaban J connectivity index is 2.80. The number of rotatable bonds is 3. The van der Waals surface area contributed by atoms with E-state index in [-0.39, 0.29) is 13.1 Å². The maximum atomic E-state index is 12.5. The van der Waals surface area contributed by atoms with Crippen molar-refractivity contribution in [2.45, 2.75) is 19.8 Å². The zero-order chi connectivity index (χ0) is 11.5. The number of nitrogens with zero attached hydrogens (tertiary/aromatic N) is 1. The minimum absolute atomic E-state index is 0.0333. The second-order valence-electron chi connectivity index (χ2n) is 3.07. The molecule has 0 aliphatic rings. The third kappa shape index (κ3) is 3.64. The predicted octanol–water partition coefficient (Wildman–Crippen LogP) is 3.63. The Bertz CT molecular complexity index is 325. The molecule has 0 saturated heterocycles. The Morgan fingerprint density at radius 2 is 1.87 bits per heavy atom. The Hall–Kier alpha value is -0.300. The summed E-state index contributed by atoms with van der Waals surface area (Å²) < 4.78 is 38.2. The first-order valence-corrected chi connectivity index (χ1v) is 5.58. The fourth-order valence-electron chi connectivity index (χ4n) is 1.21. The van der Waals surface area contributed by atoms with Crippen LogP contribution in [0.25, 0.3) is 0 Å². The molecule has 0 heterocycles. The summed E-state index contributed by atoms with van der Waals surface area (Å²) in [5.74, 6) is 0. The van der Waals surface area contributed by atoms with E-state index in [4.69, 9.17) is 0 Å². The maximum Gasteiger partial charge on any atom is 0.460 e. The Labute approximate surface area is 100 Å². The minimum Gasteiger partial charge on any atom is -0.210 e. The van der Waals surface area contributed by atoms with E-state index in [1.54, 1.807) is 18.2 Å². The molecule has 15 heavy (non-hydrogen) atoms. The number of hydrogen-bond acceptors (Lipinski definition) is 1. The molecule has 0 aromatic heterocycles. The third-order valence-electron chi connectivity index (χ3n) is 2.06. The van der Waals surface area contributed by atoms with Gasteiger partial charge in [-0.1, -0.05) is 25.1 Å². The Kier molecular flexibility index (Phi) is 4.39. The van der Waals surface area contributed by atoms with E-state index in [1.807, 2.05) is 28.7 Å². The van der Waals surface area contributed by atoms with Gasteiger partial charge in [-0.05, 0) is 34.2 Å². The van der Waals surface area contributed by atoms with Gasteiger partial charge in [-0.3, -0.25) is 0 Å². The van der Waals surface area contributed by atoms with Crippen LogP contribution in [0.4, 0.5) is 13.2 Å². The lowest BCUT2D eigenvalue weighted by Gasteiger charge is -2.23. The van der Waals surface area contributed by atoms with Crippen molar-refractivity contribution in [3.63, 3.8) is 0 Å². The summed E-state index contributed by atoms with van der Waals surface area (Å²) in [6.45, 7) is 1.39. The van der Waals surface area contributed by atoms with Crippen LogP contribution < -0.4 is 0 Å². The zero-order valence-electron chi connectivity index (χ0n) is 8.18. The third-order valence-corrected chi connectivity index (χ3v) is 3.11. The molecule has 0 unspecified atom stereocenters. The van der Waals surface area contributed by atoms with Crippen LogP contribution in [0.3, 0.4) is 0 Å². The van der Waals surface area contributed by atoms with Crippen LogP contribution in [0.2, 0.25) is 0 Å². The van der Waals surface area contributed by atoms with Gasteiger partial charge in [0, 0.05) is 16.7 Å². The molecule has 0 spiro atoms. The number of halogens is 4. The van der Waals surface area contributed by atoms with Crippen LogP contribution in [-0.2, 0) is 6.54 Å². The van der Waals surface area contributed by atoms with Crippen LogP contribution in [0, 0.1) is 3.57 Å². The summed E-state index contributed by atoms with van der Waals surface area (Å²) in [6.07, 6.45) is -4.26. The Morgan fingerprint density at radius 1 is 1.27 bits per heavy atom. The predicted molar refractivity (Wildman–Crippen MR) is 61.3 cm³/mol. The summed E-state index contributed by atoms with van der Waals surface area (Å²) in [5.41, 5.74) is 0.706. The molecule has 0 bridgehead atoms. The molecular weight excluding hydrogens is 318 g/mol. The van der Waals surface area contributed by atoms with Gasteiger partial charge in [0.1, 0.15) is 0 Å². The average molecular weight is 329 g/mol. The molecule has 0 aliphatic heterocycles. The van der Waals surface area contributed by atoms with Gasteiger partial charge in [0.2, 0.25) is 0 Å². The molecule has 1 aromatic carbocycles. The first-order valence-electron chi connectivity index (χ1n) is 4.50. The summed E-state index contributed by atoms with van der Waals surface area (Å²) in [5, 5.41) is 0. The van der Waals surface area contributed by atoms with Crippen molar-refractivity contribution < 1.29 is 13.2 Å². The number of hydrogen-bond donors (Lipinski definition) is 0. The van der Waals surface area contributed by atoms with Crippen LogP contribution in [0.1, 0.15) is 12.5 Å². The van der Waals surface area contributed by atoms with Crippen molar-refractivity contribution in [3.8, 4) is 0 Å². The fourth-order valence-corrected chi connectivity index (χ4v) is 1.77. The van der Waals surface area contributed by atoms with E-state index in [2.05, 4.69) is 0 Å². The normalized spacial score (nSPS) is 12.1. The van der Waals surface area contributed by atoms with Crippen molar-refractivity contribution in [3.05, 3.63) is 33.4 Å². The SMILES string of the molecule is CCN(Cc1ccccc1I)C(F)(F)F. The van der Waals surface area contributed by atoms with Gasteiger partial charge in [0.15, 0.2) is 0 Å². The van der Waals surface area contributed by atoms with Gasteiger partial charge in [0.05, 0.1) is 0 Å². The van der Waals surface area contributed by atoms with Crippen LogP contribution >= 0.6 is 22.6 Å². The summed E-state index contributed by atoms with van der Waals surface area (Å²) in [7, 11) is 0. The highest BCUT2D eigenvalue weighted by molar-refractivity contribution is 14.1. The second kappa shape index (κ2) is 5.16. The molecule has 0 fully saturated rings. The molecule has 1 aromatic rings. The molecule has 0 saturated carbocycles. The minimum atomic E-state index is -4.26. The van der Waals surface area contributed by atoms with Crippen LogP contribution in [0.5, 0.6) is 0 Å². The number of benzene rings is 1. The standard InChI is InChI=1S/C10H11F3IN/c1-2-15(10(11,12)13)7-8-5-3-4-6-9(8)14/h3-6H,2,7H2,1H3. The smallest absolute Gasteiger partial charge is 0.210 e. The fraction of sp³-hybridized carbons (Fsp3) is 0.400. The lowest BCUT2D eigenvalue weighted by Crippen LogP contribution is -2.37. The van der Waals surface area contributed by atoms with Crippen molar-refractivity contribution in [1.82, 2.24) is 4.90 Å². The van der Waals surface area contributed by atoms with Crippen molar-refractivity contribution in [1.29, 1.82) is 0 Å². The molecule has 1 rings (SSSR count). The molecule has 0 radical (unpaired) electrons. The van der Waals surface area contributed by atoms with E-state index in [9.17, 15) is 13.2 Å². The molecular formula is C10H11F3IN. The molecule has 0 amide bonds. The molecule has 1 nitrogen and oxygen atoms in total. The molecule has 0 N–H and O–H groups in total. The highest BCUT2D eigenvalue weighted by Crippen LogP contribution is 2.24. The van der Waals surface area contributed by atoms with Crippen molar-refractivity contribution in [2.24, 2.45) is 0 Å². The average Bonchev–Trinajstić information content (AvgIpc) is 2.14. The van der Waals surface area contributed by atoms with E-state index < -0.39 is 6.30 Å². The maximum absolute atomic E-state index is 12.5. The topological polar surface area (TPSA) is 3.24 Å². The second-order valence-corrected chi connectivity index (χ2v) is 4.24. The van der Waals surface area contributed by atoms with Crippen molar-refractivity contribution >= 4 is 22.6 Å². The summed E-state index contributed by atoms with van der Waals surface area (Å²) >= 11 is 2.04. The van der Waals surface area contributed by atoms with Crippen molar-refractivity contribution in [2.75, 3.05) is 6.54 Å². The van der Waals surface area contributed by atoms with E-state index in [0.29, 0.717) is 10.5 Å². The van der Waals surface area contributed by atoms with Gasteiger partial charge < -0.3 is 0 Å². The lowest BCUT2D eigenvalue weighted by atomic mass is 10.2. The molecule has 0 atom stereocenters. The monoisotopic (exact) mass is 329 g/mol. The van der Waals surface area contributed by atoms with Crippen LogP contribution in [-0.4, -0.2) is 17.7 Å². The van der Waals surface area contributed by atoms with Crippen LogP contribution in [0.15, 0.2) is 24.3 Å². The zero-order valence-corrected chi connectivity index (χ0v) is 10.3. The lowest BCUT2D eigenvalue weighted by molar-refractivity contribution is -0.247. The quantitative estimate of drug-likeness (QED) is 0.605. The van der Waals surface area contributed by atoms with Gasteiger partial charge in [-0.15, -0.1) is 0 Å². The highest BCUT2D eigenvalue weighted by atomic mass is 127. The first kappa shape index (κ1) is 12.8. The molecule has 0 aliphatic carbocycles. The first-order chi connectivity index (χ1) is 6.95. The van der Waals surface area contributed by atoms with E-state index in [0.717, 1.165) is 3.57 Å². The van der Waals surface area contributed by atoms with Gasteiger partial charge in [-0.2, -0.15) is 13.2 Å². The summed E-state index contributed by atoms with van der Waals surface area (Å²) in [4.78, 5) is 0.491. The van der Waals surface area contributed by atoms with Gasteiger partial charge in [0.25, 0.3) is 0 Å². The summed E-state index contributed by atoms with van der Waals surface area (Å²) in [6, 6.07) is 7.09. The largest absolute Gasteiger partial charge is 0.460 e. The van der Waals surface area contributed by atoms with E-state index >= 15 is 0 Å².